The fourth-order valence-corrected chi connectivity index (χ4v) is 4.66. The molecule has 1 saturated heterocycles. The molecule has 0 saturated carbocycles. The monoisotopic (exact) mass is 533 g/mol. The van der Waals surface area contributed by atoms with E-state index in [0.717, 1.165) is 5.56 Å². The van der Waals surface area contributed by atoms with Crippen molar-refractivity contribution in [2.75, 3.05) is 50.2 Å². The predicted molar refractivity (Wildman–Crippen MR) is 143 cm³/mol. The van der Waals surface area contributed by atoms with Crippen molar-refractivity contribution in [3.05, 3.63) is 64.9 Å². The van der Waals surface area contributed by atoms with E-state index >= 15 is 0 Å². The molecule has 2 aliphatic heterocycles. The van der Waals surface area contributed by atoms with Gasteiger partial charge in [-0.3, -0.25) is 9.59 Å². The second kappa shape index (κ2) is 11.5. The zero-order valence-electron chi connectivity index (χ0n) is 22.1. The molecule has 3 heterocycles. The number of allylic oxidation sites excluding steroid dienone is 1. The number of hydrogen-bond donors (Lipinski definition) is 2. The van der Waals surface area contributed by atoms with Crippen LogP contribution in [0.5, 0.6) is 11.5 Å². The van der Waals surface area contributed by atoms with Crippen LogP contribution in [0.4, 0.5) is 11.6 Å². The van der Waals surface area contributed by atoms with Crippen LogP contribution in [0.15, 0.2) is 53.7 Å². The molecular formula is C27H31N7O5. The van der Waals surface area contributed by atoms with Gasteiger partial charge in [0.05, 0.1) is 25.4 Å². The first-order valence-electron chi connectivity index (χ1n) is 12.8. The maximum Gasteiger partial charge on any atom is 0.260 e. The van der Waals surface area contributed by atoms with Crippen LogP contribution in [-0.4, -0.2) is 76.4 Å². The Morgan fingerprint density at radius 3 is 2.69 bits per heavy atom. The molecule has 39 heavy (non-hydrogen) atoms. The molecule has 1 fully saturated rings. The minimum Gasteiger partial charge on any atom is -0.490 e. The van der Waals surface area contributed by atoms with Crippen LogP contribution in [-0.2, 0) is 14.3 Å². The molecule has 1 unspecified atom stereocenters. The number of benzene rings is 2. The molecule has 1 aromatic heterocycles. The fourth-order valence-electron chi connectivity index (χ4n) is 4.66. The maximum absolute atomic E-state index is 13.6. The van der Waals surface area contributed by atoms with E-state index in [9.17, 15) is 9.59 Å². The van der Waals surface area contributed by atoms with Crippen LogP contribution in [0.25, 0.3) is 0 Å². The number of anilines is 2. The number of morpholine rings is 1. The lowest BCUT2D eigenvalue weighted by Crippen LogP contribution is -2.43. The zero-order valence-corrected chi connectivity index (χ0v) is 22.1. The molecule has 0 aliphatic carbocycles. The normalized spacial score (nSPS) is 16.8. The minimum atomic E-state index is -0.635. The molecule has 2 amide bonds. The molecule has 0 radical (unpaired) electrons. The van der Waals surface area contributed by atoms with Crippen molar-refractivity contribution in [1.82, 2.24) is 25.1 Å². The van der Waals surface area contributed by atoms with Gasteiger partial charge in [0, 0.05) is 24.5 Å². The lowest BCUT2D eigenvalue weighted by Gasteiger charge is -2.28. The van der Waals surface area contributed by atoms with Gasteiger partial charge in [-0.25, -0.2) is 0 Å². The molecule has 2 aliphatic rings. The maximum atomic E-state index is 13.6. The number of aryl methyl sites for hydroxylation is 1. The second-order valence-corrected chi connectivity index (χ2v) is 9.26. The molecule has 2 N–H and O–H groups in total. The largest absolute Gasteiger partial charge is 0.490 e. The van der Waals surface area contributed by atoms with Gasteiger partial charge in [0.2, 0.25) is 5.95 Å². The van der Waals surface area contributed by atoms with Crippen molar-refractivity contribution < 1.29 is 23.8 Å². The van der Waals surface area contributed by atoms with Gasteiger partial charge in [-0.1, -0.05) is 23.3 Å². The molecule has 2 aromatic carbocycles. The first-order chi connectivity index (χ1) is 18.9. The summed E-state index contributed by atoms with van der Waals surface area (Å²) in [7, 11) is 0. The van der Waals surface area contributed by atoms with Crippen LogP contribution >= 0.6 is 0 Å². The van der Waals surface area contributed by atoms with E-state index in [4.69, 9.17) is 14.2 Å². The van der Waals surface area contributed by atoms with Crippen molar-refractivity contribution in [3.8, 4) is 11.5 Å². The van der Waals surface area contributed by atoms with E-state index in [1.165, 1.54) is 0 Å². The zero-order chi connectivity index (χ0) is 27.4. The lowest BCUT2D eigenvalue weighted by atomic mass is 9.94. The van der Waals surface area contributed by atoms with Crippen molar-refractivity contribution in [3.63, 3.8) is 0 Å². The Balaban J connectivity index is 1.44. The highest BCUT2D eigenvalue weighted by Gasteiger charge is 2.34. The van der Waals surface area contributed by atoms with Crippen molar-refractivity contribution in [2.24, 2.45) is 0 Å². The molecule has 0 bridgehead atoms. The number of fused-ring (bicyclic) bond motifs is 1. The molecule has 204 valence electrons. The highest BCUT2D eigenvalue weighted by atomic mass is 16.5. The number of tetrazole rings is 1. The summed E-state index contributed by atoms with van der Waals surface area (Å²) in [6, 6.07) is 12.3. The average molecular weight is 534 g/mol. The Morgan fingerprint density at radius 2 is 1.92 bits per heavy atom. The molecule has 12 nitrogen and oxygen atoms in total. The number of amides is 2. The number of carbonyl (C=O) groups excluding carboxylic acids is 2. The predicted octanol–water partition coefficient (Wildman–Crippen LogP) is 2.55. The summed E-state index contributed by atoms with van der Waals surface area (Å²) in [5.41, 5.74) is 3.51. The Labute approximate surface area is 225 Å². The first-order valence-corrected chi connectivity index (χ1v) is 12.8. The minimum absolute atomic E-state index is 0.116. The summed E-state index contributed by atoms with van der Waals surface area (Å²) in [4.78, 5) is 27.9. The van der Waals surface area contributed by atoms with Crippen LogP contribution in [0.3, 0.4) is 0 Å². The SMILES string of the molecule is CCOc1cc(C2C(C(=O)Nc3cccc(C)c3)=C(C)Nc3nnnn32)ccc1OCC(=O)N1CCOCC1. The topological polar surface area (TPSA) is 133 Å². The third kappa shape index (κ3) is 5.70. The summed E-state index contributed by atoms with van der Waals surface area (Å²) in [5.74, 6) is 0.897. The van der Waals surface area contributed by atoms with Crippen molar-refractivity contribution >= 4 is 23.5 Å². The molecule has 3 aromatic rings. The number of rotatable bonds is 8. The van der Waals surface area contributed by atoms with Gasteiger partial charge >= 0.3 is 0 Å². The van der Waals surface area contributed by atoms with Crippen LogP contribution in [0.2, 0.25) is 0 Å². The molecule has 0 spiro atoms. The van der Waals surface area contributed by atoms with E-state index in [2.05, 4.69) is 26.2 Å². The molecule has 5 rings (SSSR count). The molecular weight excluding hydrogens is 502 g/mol. The standard InChI is InChI=1S/C27H31N7O5/c1-4-38-22-15-19(8-9-21(22)39-16-23(35)33-10-12-37-13-11-33)25-24(18(3)28-27-30-31-32-34(25)27)26(36)29-20-7-5-6-17(2)14-20/h5-9,14-15,25H,4,10-13,16H2,1-3H3,(H,29,36)(H,28,30,32). The van der Waals surface area contributed by atoms with Gasteiger partial charge in [-0.2, -0.15) is 4.68 Å². The number of carbonyl (C=O) groups is 2. The van der Waals surface area contributed by atoms with Gasteiger partial charge in [-0.05, 0) is 66.6 Å². The highest BCUT2D eigenvalue weighted by Crippen LogP contribution is 2.38. The summed E-state index contributed by atoms with van der Waals surface area (Å²) in [6.45, 7) is 8.04. The van der Waals surface area contributed by atoms with E-state index in [1.807, 2.05) is 51.1 Å². The highest BCUT2D eigenvalue weighted by molar-refractivity contribution is 6.06. The third-order valence-electron chi connectivity index (χ3n) is 6.53. The van der Waals surface area contributed by atoms with Gasteiger partial charge in [0.15, 0.2) is 18.1 Å². The number of nitrogens with zero attached hydrogens (tertiary/aromatic N) is 5. The van der Waals surface area contributed by atoms with Crippen molar-refractivity contribution in [2.45, 2.75) is 26.8 Å². The Hall–Kier alpha value is -4.45. The smallest absolute Gasteiger partial charge is 0.260 e. The quantitative estimate of drug-likeness (QED) is 0.448. The Bertz CT molecular complexity index is 1400. The average Bonchev–Trinajstić information content (AvgIpc) is 3.40. The first kappa shape index (κ1) is 26.2. The third-order valence-corrected chi connectivity index (χ3v) is 6.53. The van der Waals surface area contributed by atoms with Gasteiger partial charge < -0.3 is 29.7 Å². The van der Waals surface area contributed by atoms with Crippen molar-refractivity contribution in [1.29, 1.82) is 0 Å². The van der Waals surface area contributed by atoms with Gasteiger partial charge in [0.1, 0.15) is 6.04 Å². The number of aromatic nitrogens is 4. The second-order valence-electron chi connectivity index (χ2n) is 9.26. The van der Waals surface area contributed by atoms with E-state index < -0.39 is 6.04 Å². The number of hydrogen-bond acceptors (Lipinski definition) is 9. The summed E-state index contributed by atoms with van der Waals surface area (Å²) in [5, 5.41) is 18.1. The number of nitrogens with one attached hydrogen (secondary N) is 2. The lowest BCUT2D eigenvalue weighted by molar-refractivity contribution is -0.137. The van der Waals surface area contributed by atoms with Crippen LogP contribution < -0.4 is 20.1 Å². The van der Waals surface area contributed by atoms with Crippen LogP contribution in [0.1, 0.15) is 31.0 Å². The fraction of sp³-hybridized carbons (Fsp3) is 0.370. The van der Waals surface area contributed by atoms with Crippen LogP contribution in [0, 0.1) is 6.92 Å². The summed E-state index contributed by atoms with van der Waals surface area (Å²) >= 11 is 0. The summed E-state index contributed by atoms with van der Waals surface area (Å²) in [6.07, 6.45) is 0. The van der Waals surface area contributed by atoms with E-state index in [-0.39, 0.29) is 18.4 Å². The molecule has 1 atom stereocenters. The van der Waals surface area contributed by atoms with E-state index in [0.29, 0.717) is 72.9 Å². The summed E-state index contributed by atoms with van der Waals surface area (Å²) < 4.78 is 18.6. The van der Waals surface area contributed by atoms with Gasteiger partial charge in [-0.15, -0.1) is 0 Å². The van der Waals surface area contributed by atoms with Gasteiger partial charge in [0.25, 0.3) is 11.8 Å². The number of ether oxygens (including phenoxy) is 3. The Morgan fingerprint density at radius 1 is 1.10 bits per heavy atom. The van der Waals surface area contributed by atoms with E-state index in [1.54, 1.807) is 21.7 Å². The molecule has 12 heteroatoms. The Kier molecular flexibility index (Phi) is 7.73.